The summed E-state index contributed by atoms with van der Waals surface area (Å²) in [6.07, 6.45) is -2.12. The van der Waals surface area contributed by atoms with E-state index in [0.29, 0.717) is 28.7 Å². The topological polar surface area (TPSA) is 106 Å². The molecular formula is C20H15N5O3. The van der Waals surface area contributed by atoms with E-state index in [0.717, 1.165) is 16.6 Å². The second-order valence-electron chi connectivity index (χ2n) is 6.41. The molecule has 2 aromatic heterocycles. The highest BCUT2D eigenvalue weighted by molar-refractivity contribution is 6.16. The predicted molar refractivity (Wildman–Crippen MR) is 102 cm³/mol. The fraction of sp³-hybridized carbons (Fsp3) is 0.100. The van der Waals surface area contributed by atoms with Crippen molar-refractivity contribution in [1.82, 2.24) is 20.1 Å². The molecule has 0 aliphatic carbocycles. The Morgan fingerprint density at radius 2 is 1.86 bits per heavy atom. The van der Waals surface area contributed by atoms with Crippen molar-refractivity contribution in [3.8, 4) is 5.69 Å². The van der Waals surface area contributed by atoms with Crippen LogP contribution in [0.25, 0.3) is 16.7 Å². The lowest BCUT2D eigenvalue weighted by atomic mass is 10.1. The van der Waals surface area contributed by atoms with Crippen molar-refractivity contribution in [3.05, 3.63) is 77.6 Å². The van der Waals surface area contributed by atoms with Crippen LogP contribution in [0.15, 0.2) is 64.0 Å². The molecule has 0 saturated heterocycles. The number of hydrogen-bond donors (Lipinski definition) is 2. The number of nitrogens with zero attached hydrogens (tertiary/aromatic N) is 4. The quantitative estimate of drug-likeness (QED) is 0.560. The molecule has 0 radical (unpaired) electrons. The third-order valence-electron chi connectivity index (χ3n) is 4.67. The Labute approximate surface area is 159 Å². The van der Waals surface area contributed by atoms with Crippen molar-refractivity contribution in [2.75, 3.05) is 0 Å². The van der Waals surface area contributed by atoms with E-state index in [1.165, 1.54) is 0 Å². The highest BCUT2D eigenvalue weighted by atomic mass is 16.4. The van der Waals surface area contributed by atoms with Gasteiger partial charge in [-0.3, -0.25) is 9.88 Å². The van der Waals surface area contributed by atoms with Gasteiger partial charge in [-0.2, -0.15) is 0 Å². The summed E-state index contributed by atoms with van der Waals surface area (Å²) in [5.74, 6) is 1.55. The smallest absolute Gasteiger partial charge is 0.406 e. The Kier molecular flexibility index (Phi) is 3.51. The van der Waals surface area contributed by atoms with Crippen molar-refractivity contribution in [3.63, 3.8) is 0 Å². The second kappa shape index (κ2) is 6.05. The Balaban J connectivity index is 1.88. The lowest BCUT2D eigenvalue weighted by Gasteiger charge is -2.12. The van der Waals surface area contributed by atoms with Gasteiger partial charge in [0.1, 0.15) is 22.8 Å². The van der Waals surface area contributed by atoms with Crippen LogP contribution in [-0.2, 0) is 0 Å². The molecule has 1 aliphatic heterocycles. The number of hydrogen-bond acceptors (Lipinski definition) is 5. The van der Waals surface area contributed by atoms with Crippen LogP contribution in [0.1, 0.15) is 29.1 Å². The predicted octanol–water partition coefficient (Wildman–Crippen LogP) is 3.44. The van der Waals surface area contributed by atoms with E-state index in [9.17, 15) is 9.90 Å². The van der Waals surface area contributed by atoms with E-state index in [1.54, 1.807) is 4.57 Å². The number of nitrogens with one attached hydrogen (secondary N) is 1. The van der Waals surface area contributed by atoms with Gasteiger partial charge in [0.15, 0.2) is 17.8 Å². The number of para-hydroxylation sites is 1. The monoisotopic (exact) mass is 373 g/mol. The van der Waals surface area contributed by atoms with E-state index in [2.05, 4.69) is 20.5 Å². The van der Waals surface area contributed by atoms with Gasteiger partial charge in [0, 0.05) is 10.9 Å². The number of amides is 1. The van der Waals surface area contributed by atoms with Gasteiger partial charge in [-0.25, -0.2) is 9.79 Å². The summed E-state index contributed by atoms with van der Waals surface area (Å²) in [5, 5.41) is 21.0. The molecule has 1 amide bonds. The Morgan fingerprint density at radius 3 is 2.64 bits per heavy atom. The van der Waals surface area contributed by atoms with E-state index in [1.807, 2.05) is 61.5 Å². The van der Waals surface area contributed by atoms with Gasteiger partial charge in [0.05, 0.1) is 0 Å². The van der Waals surface area contributed by atoms with Crippen molar-refractivity contribution in [2.24, 2.45) is 4.99 Å². The number of aliphatic imine (C=N–C) groups is 1. The zero-order chi connectivity index (χ0) is 19.3. The van der Waals surface area contributed by atoms with Crippen LogP contribution < -0.4 is 5.32 Å². The van der Waals surface area contributed by atoms with E-state index in [-0.39, 0.29) is 0 Å². The molecule has 0 bridgehead atoms. The summed E-state index contributed by atoms with van der Waals surface area (Å²) in [7, 11) is 0. The highest BCUT2D eigenvalue weighted by Gasteiger charge is 2.32. The molecule has 0 fully saturated rings. The maximum absolute atomic E-state index is 11.4. The summed E-state index contributed by atoms with van der Waals surface area (Å²) in [5.41, 5.74) is 2.83. The van der Waals surface area contributed by atoms with E-state index in [4.69, 9.17) is 4.42 Å². The molecule has 28 heavy (non-hydrogen) atoms. The zero-order valence-electron chi connectivity index (χ0n) is 14.8. The van der Waals surface area contributed by atoms with Crippen molar-refractivity contribution in [1.29, 1.82) is 0 Å². The number of fused-ring (bicyclic) bond motifs is 5. The number of benzene rings is 2. The minimum absolute atomic E-state index is 0.388. The average molecular weight is 373 g/mol. The van der Waals surface area contributed by atoms with Crippen LogP contribution in [0.3, 0.4) is 0 Å². The molecule has 2 aromatic carbocycles. The van der Waals surface area contributed by atoms with Crippen LogP contribution >= 0.6 is 0 Å². The number of aromatic nitrogens is 3. The van der Waals surface area contributed by atoms with Crippen molar-refractivity contribution in [2.45, 2.75) is 13.1 Å². The minimum atomic E-state index is -1.20. The van der Waals surface area contributed by atoms with Crippen LogP contribution in [0, 0.1) is 6.92 Å². The Bertz CT molecular complexity index is 1240. The summed E-state index contributed by atoms with van der Waals surface area (Å²) < 4.78 is 8.00. The van der Waals surface area contributed by atoms with Gasteiger partial charge in [-0.15, -0.1) is 10.2 Å². The molecule has 3 heterocycles. The Hall–Kier alpha value is -3.94. The lowest BCUT2D eigenvalue weighted by Crippen LogP contribution is -2.27. The first kappa shape index (κ1) is 16.2. The second-order valence-corrected chi connectivity index (χ2v) is 6.41. The van der Waals surface area contributed by atoms with Gasteiger partial charge in [0.25, 0.3) is 0 Å². The molecule has 8 nitrogen and oxygen atoms in total. The first-order chi connectivity index (χ1) is 13.6. The molecule has 1 aliphatic rings. The molecule has 0 spiro atoms. The normalized spacial score (nSPS) is 15.5. The lowest BCUT2D eigenvalue weighted by molar-refractivity contribution is 0.189. The largest absolute Gasteiger partial charge is 0.465 e. The van der Waals surface area contributed by atoms with Gasteiger partial charge in [0.2, 0.25) is 0 Å². The molecular weight excluding hydrogens is 358 g/mol. The maximum atomic E-state index is 11.4. The van der Waals surface area contributed by atoms with Crippen molar-refractivity contribution < 1.29 is 14.3 Å². The molecule has 5 rings (SSSR count). The maximum Gasteiger partial charge on any atom is 0.406 e. The fourth-order valence-electron chi connectivity index (χ4n) is 3.51. The molecule has 8 heteroatoms. The summed E-state index contributed by atoms with van der Waals surface area (Å²) in [6.45, 7) is 1.81. The first-order valence-electron chi connectivity index (χ1n) is 8.70. The molecule has 1 atom stereocenters. The fourth-order valence-corrected chi connectivity index (χ4v) is 3.51. The van der Waals surface area contributed by atoms with Crippen LogP contribution in [0.5, 0.6) is 0 Å². The minimum Gasteiger partial charge on any atom is -0.465 e. The van der Waals surface area contributed by atoms with Crippen LogP contribution in [0.4, 0.5) is 4.79 Å². The number of furan rings is 1. The third kappa shape index (κ3) is 2.38. The molecule has 138 valence electrons. The highest BCUT2D eigenvalue weighted by Crippen LogP contribution is 2.36. The van der Waals surface area contributed by atoms with Gasteiger partial charge < -0.3 is 9.52 Å². The summed E-state index contributed by atoms with van der Waals surface area (Å²) in [6, 6.07) is 17.2. The number of carbonyl (C=O) groups is 1. The van der Waals surface area contributed by atoms with Crippen LogP contribution in [0.2, 0.25) is 0 Å². The zero-order valence-corrected chi connectivity index (χ0v) is 14.8. The molecule has 1 unspecified atom stereocenters. The third-order valence-corrected chi connectivity index (χ3v) is 4.67. The number of rotatable bonds is 2. The summed E-state index contributed by atoms with van der Waals surface area (Å²) in [4.78, 5) is 16.1. The van der Waals surface area contributed by atoms with Crippen LogP contribution in [-0.4, -0.2) is 31.7 Å². The van der Waals surface area contributed by atoms with Gasteiger partial charge in [-0.1, -0.05) is 42.5 Å². The number of carboxylic acid groups (broad SMARTS) is 1. The standard InChI is InChI=1S/C20H15N5O3/c1-11-23-24-19-18(22-20(26)27)21-15(12-7-3-2-4-8-12)17-16(25(11)19)13-9-5-6-10-14(13)28-17/h2-10,18,22H,1H3,(H,26,27). The van der Waals surface area contributed by atoms with Gasteiger partial charge in [-0.05, 0) is 19.1 Å². The first-order valence-corrected chi connectivity index (χ1v) is 8.70. The number of aryl methyl sites for hydroxylation is 1. The Morgan fingerprint density at radius 1 is 1.11 bits per heavy atom. The SMILES string of the molecule is Cc1nnc2n1-c1c(oc3ccccc13)C(c1ccccc1)=NC2NC(=O)O. The van der Waals surface area contributed by atoms with E-state index < -0.39 is 12.3 Å². The van der Waals surface area contributed by atoms with E-state index >= 15 is 0 Å². The van der Waals surface area contributed by atoms with Crippen molar-refractivity contribution >= 4 is 22.8 Å². The molecule has 0 saturated carbocycles. The molecule has 4 aromatic rings. The van der Waals surface area contributed by atoms with Gasteiger partial charge >= 0.3 is 6.09 Å². The average Bonchev–Trinajstić information content (AvgIpc) is 3.22. The summed E-state index contributed by atoms with van der Waals surface area (Å²) >= 11 is 0. The molecule has 2 N–H and O–H groups in total.